The zero-order valence-electron chi connectivity index (χ0n) is 15.3. The Kier molecular flexibility index (Phi) is 5.87. The standard InChI is InChI=1S/C20H19FN4O2S/c1-25(28(26,27)19-10-4-15(14-22)5-11-19)12-2-3-18-13-20(24-23-18)16-6-8-17(21)9-7-16/h4-11,13H,2-3,12H2,1H3,(H,23,24). The van der Waals surface area contributed by atoms with E-state index in [0.717, 1.165) is 11.3 Å². The topological polar surface area (TPSA) is 89.8 Å². The number of halogens is 1. The van der Waals surface area contributed by atoms with Gasteiger partial charge in [0, 0.05) is 24.8 Å². The summed E-state index contributed by atoms with van der Waals surface area (Å²) in [6.07, 6.45) is 1.23. The third-order valence-electron chi connectivity index (χ3n) is 4.38. The molecule has 0 aliphatic rings. The Hall–Kier alpha value is -3.02. The van der Waals surface area contributed by atoms with Crippen LogP contribution in [0.15, 0.2) is 59.5 Å². The molecule has 0 saturated heterocycles. The Morgan fingerprint density at radius 1 is 1.14 bits per heavy atom. The number of hydrogen-bond donors (Lipinski definition) is 1. The van der Waals surface area contributed by atoms with Gasteiger partial charge in [-0.25, -0.2) is 17.1 Å². The first-order valence-electron chi connectivity index (χ1n) is 8.67. The summed E-state index contributed by atoms with van der Waals surface area (Å²) >= 11 is 0. The molecule has 1 aromatic heterocycles. The quantitative estimate of drug-likeness (QED) is 0.661. The smallest absolute Gasteiger partial charge is 0.242 e. The average Bonchev–Trinajstić information content (AvgIpc) is 3.17. The van der Waals surface area contributed by atoms with E-state index in [1.54, 1.807) is 12.1 Å². The number of nitrogens with one attached hydrogen (secondary N) is 1. The second-order valence-corrected chi connectivity index (χ2v) is 8.40. The van der Waals surface area contributed by atoms with Crippen LogP contribution in [0.4, 0.5) is 4.39 Å². The highest BCUT2D eigenvalue weighted by Crippen LogP contribution is 2.19. The number of nitrogens with zero attached hydrogens (tertiary/aromatic N) is 3. The van der Waals surface area contributed by atoms with E-state index in [4.69, 9.17) is 5.26 Å². The van der Waals surface area contributed by atoms with Gasteiger partial charge in [-0.15, -0.1) is 0 Å². The number of aromatic nitrogens is 2. The fourth-order valence-electron chi connectivity index (χ4n) is 2.75. The van der Waals surface area contributed by atoms with Crippen LogP contribution in [-0.4, -0.2) is 36.5 Å². The molecule has 1 heterocycles. The van der Waals surface area contributed by atoms with Gasteiger partial charge in [-0.3, -0.25) is 5.10 Å². The van der Waals surface area contributed by atoms with E-state index in [2.05, 4.69) is 10.2 Å². The summed E-state index contributed by atoms with van der Waals surface area (Å²) in [5.74, 6) is -0.300. The second kappa shape index (κ2) is 8.33. The molecule has 0 spiro atoms. The molecule has 6 nitrogen and oxygen atoms in total. The molecule has 0 bridgehead atoms. The van der Waals surface area contributed by atoms with Gasteiger partial charge in [-0.1, -0.05) is 0 Å². The summed E-state index contributed by atoms with van der Waals surface area (Å²) in [4.78, 5) is 0.161. The van der Waals surface area contributed by atoms with Gasteiger partial charge in [0.05, 0.1) is 22.2 Å². The van der Waals surface area contributed by atoms with Crippen molar-refractivity contribution in [3.63, 3.8) is 0 Å². The van der Waals surface area contributed by atoms with E-state index >= 15 is 0 Å². The van der Waals surface area contributed by atoms with Gasteiger partial charge in [0.25, 0.3) is 0 Å². The molecule has 3 rings (SSSR count). The fourth-order valence-corrected chi connectivity index (χ4v) is 3.96. The van der Waals surface area contributed by atoms with Crippen molar-refractivity contribution in [1.29, 1.82) is 5.26 Å². The monoisotopic (exact) mass is 398 g/mol. The van der Waals surface area contributed by atoms with Crippen LogP contribution in [0.5, 0.6) is 0 Å². The Morgan fingerprint density at radius 3 is 2.46 bits per heavy atom. The second-order valence-electron chi connectivity index (χ2n) is 6.35. The van der Waals surface area contributed by atoms with Crippen molar-refractivity contribution in [2.75, 3.05) is 13.6 Å². The highest BCUT2D eigenvalue weighted by Gasteiger charge is 2.20. The maximum Gasteiger partial charge on any atom is 0.242 e. The van der Waals surface area contributed by atoms with Gasteiger partial charge in [0.1, 0.15) is 5.82 Å². The Balaban J connectivity index is 1.58. The molecule has 1 N–H and O–H groups in total. The van der Waals surface area contributed by atoms with E-state index in [1.165, 1.54) is 47.8 Å². The molecule has 144 valence electrons. The lowest BCUT2D eigenvalue weighted by molar-refractivity contribution is 0.460. The highest BCUT2D eigenvalue weighted by molar-refractivity contribution is 7.89. The molecule has 28 heavy (non-hydrogen) atoms. The summed E-state index contributed by atoms with van der Waals surface area (Å²) in [6, 6.07) is 15.8. The molecular formula is C20H19FN4O2S. The van der Waals surface area contributed by atoms with Crippen molar-refractivity contribution in [2.24, 2.45) is 0 Å². The lowest BCUT2D eigenvalue weighted by atomic mass is 10.1. The van der Waals surface area contributed by atoms with Crippen molar-refractivity contribution < 1.29 is 12.8 Å². The van der Waals surface area contributed by atoms with Crippen molar-refractivity contribution in [3.8, 4) is 17.3 Å². The molecule has 2 aromatic carbocycles. The Morgan fingerprint density at radius 2 is 1.82 bits per heavy atom. The molecule has 0 saturated carbocycles. The first-order chi connectivity index (χ1) is 13.4. The number of nitriles is 1. The van der Waals surface area contributed by atoms with Crippen molar-refractivity contribution in [3.05, 3.63) is 71.7 Å². The average molecular weight is 398 g/mol. The number of H-pyrrole nitrogens is 1. The lowest BCUT2D eigenvalue weighted by Crippen LogP contribution is -2.28. The first-order valence-corrected chi connectivity index (χ1v) is 10.1. The summed E-state index contributed by atoms with van der Waals surface area (Å²) in [5, 5.41) is 16.0. The van der Waals surface area contributed by atoms with E-state index in [-0.39, 0.29) is 10.7 Å². The number of benzene rings is 2. The molecule has 0 aliphatic heterocycles. The molecule has 0 atom stereocenters. The molecule has 3 aromatic rings. The maximum absolute atomic E-state index is 13.0. The zero-order chi connectivity index (χ0) is 20.1. The minimum Gasteiger partial charge on any atom is -0.282 e. The van der Waals surface area contributed by atoms with Crippen LogP contribution in [0.2, 0.25) is 0 Å². The summed E-state index contributed by atoms with van der Waals surface area (Å²) in [5.41, 5.74) is 2.82. The summed E-state index contributed by atoms with van der Waals surface area (Å²) in [6.45, 7) is 0.341. The van der Waals surface area contributed by atoms with Gasteiger partial charge in [-0.05, 0) is 67.4 Å². The van der Waals surface area contributed by atoms with Crippen LogP contribution in [0.1, 0.15) is 17.7 Å². The normalized spacial score (nSPS) is 11.5. The van der Waals surface area contributed by atoms with E-state index in [0.29, 0.717) is 30.6 Å². The summed E-state index contributed by atoms with van der Waals surface area (Å²) < 4.78 is 39.5. The molecule has 0 aliphatic carbocycles. The molecule has 0 amide bonds. The SMILES string of the molecule is CN(CCCc1cc(-c2ccc(F)cc2)n[nH]1)S(=O)(=O)c1ccc(C#N)cc1. The largest absolute Gasteiger partial charge is 0.282 e. The van der Waals surface area contributed by atoms with Gasteiger partial charge < -0.3 is 0 Å². The van der Waals surface area contributed by atoms with Gasteiger partial charge in [0.2, 0.25) is 10.0 Å². The Bertz CT molecular complexity index is 1080. The van der Waals surface area contributed by atoms with Crippen LogP contribution in [-0.2, 0) is 16.4 Å². The van der Waals surface area contributed by atoms with E-state index in [9.17, 15) is 12.8 Å². The van der Waals surface area contributed by atoms with Gasteiger partial charge in [0.15, 0.2) is 0 Å². The predicted octanol–water partition coefficient (Wildman–Crippen LogP) is 3.34. The number of sulfonamides is 1. The van der Waals surface area contributed by atoms with Crippen molar-refractivity contribution in [1.82, 2.24) is 14.5 Å². The highest BCUT2D eigenvalue weighted by atomic mass is 32.2. The van der Waals surface area contributed by atoms with Crippen LogP contribution in [0.25, 0.3) is 11.3 Å². The van der Waals surface area contributed by atoms with Crippen molar-refractivity contribution in [2.45, 2.75) is 17.7 Å². The summed E-state index contributed by atoms with van der Waals surface area (Å²) in [7, 11) is -2.07. The zero-order valence-corrected chi connectivity index (χ0v) is 16.1. The first kappa shape index (κ1) is 19.7. The molecular weight excluding hydrogens is 379 g/mol. The fraction of sp³-hybridized carbons (Fsp3) is 0.200. The minimum absolute atomic E-state index is 0.161. The number of rotatable bonds is 7. The molecule has 0 fully saturated rings. The van der Waals surface area contributed by atoms with Crippen LogP contribution in [0, 0.1) is 17.1 Å². The minimum atomic E-state index is -3.60. The lowest BCUT2D eigenvalue weighted by Gasteiger charge is -2.17. The molecule has 8 heteroatoms. The third kappa shape index (κ3) is 4.44. The maximum atomic E-state index is 13.0. The number of hydrogen-bond acceptors (Lipinski definition) is 4. The van der Waals surface area contributed by atoms with Gasteiger partial charge >= 0.3 is 0 Å². The molecule has 0 radical (unpaired) electrons. The molecule has 0 unspecified atom stereocenters. The Labute approximate surface area is 163 Å². The number of aryl methyl sites for hydroxylation is 1. The number of aromatic amines is 1. The van der Waals surface area contributed by atoms with Crippen molar-refractivity contribution >= 4 is 10.0 Å². The van der Waals surface area contributed by atoms with E-state index < -0.39 is 10.0 Å². The third-order valence-corrected chi connectivity index (χ3v) is 6.25. The van der Waals surface area contributed by atoms with Gasteiger partial charge in [-0.2, -0.15) is 10.4 Å². The van der Waals surface area contributed by atoms with Crippen LogP contribution in [0.3, 0.4) is 0 Å². The van der Waals surface area contributed by atoms with Crippen LogP contribution >= 0.6 is 0 Å². The van der Waals surface area contributed by atoms with Crippen LogP contribution < -0.4 is 0 Å². The van der Waals surface area contributed by atoms with E-state index in [1.807, 2.05) is 12.1 Å². The predicted molar refractivity (Wildman–Crippen MR) is 103 cm³/mol.